The molecule has 4 heteroatoms. The van der Waals surface area contributed by atoms with E-state index in [2.05, 4.69) is 41.0 Å². The number of halogens is 1. The van der Waals surface area contributed by atoms with Crippen molar-refractivity contribution in [3.8, 4) is 6.07 Å². The zero-order chi connectivity index (χ0) is 17.4. The molecule has 0 spiro atoms. The van der Waals surface area contributed by atoms with E-state index in [1.165, 1.54) is 30.5 Å². The second-order valence-corrected chi connectivity index (χ2v) is 7.44. The third-order valence-electron chi connectivity index (χ3n) is 5.88. The van der Waals surface area contributed by atoms with Crippen LogP contribution in [-0.2, 0) is 13.0 Å². The fourth-order valence-electron chi connectivity index (χ4n) is 4.00. The molecule has 1 heterocycles. The number of fused-ring (bicyclic) bond motifs is 1. The third kappa shape index (κ3) is 3.58. The number of nitrogens with zero attached hydrogens (tertiary/aromatic N) is 3. The molecule has 1 unspecified atom stereocenters. The predicted molar refractivity (Wildman–Crippen MR) is 109 cm³/mol. The zero-order valence-corrected chi connectivity index (χ0v) is 16.3. The Kier molecular flexibility index (Phi) is 5.55. The van der Waals surface area contributed by atoms with Crippen LogP contribution in [0.1, 0.15) is 36.5 Å². The second kappa shape index (κ2) is 7.70. The van der Waals surface area contributed by atoms with Gasteiger partial charge in [0.25, 0.3) is 0 Å². The summed E-state index contributed by atoms with van der Waals surface area (Å²) in [4.78, 5) is 4.77. The van der Waals surface area contributed by atoms with E-state index in [9.17, 15) is 5.26 Å². The van der Waals surface area contributed by atoms with Gasteiger partial charge in [-0.15, -0.1) is 12.4 Å². The molecule has 0 aromatic heterocycles. The Morgan fingerprint density at radius 1 is 1.15 bits per heavy atom. The van der Waals surface area contributed by atoms with Gasteiger partial charge in [-0.05, 0) is 67.5 Å². The Balaban J connectivity index is 0.00000196. The number of benzene rings is 2. The quantitative estimate of drug-likeness (QED) is 0.769. The summed E-state index contributed by atoms with van der Waals surface area (Å²) >= 11 is 0. The lowest BCUT2D eigenvalue weighted by Gasteiger charge is -2.34. The van der Waals surface area contributed by atoms with Crippen LogP contribution >= 0.6 is 12.4 Å². The minimum Gasteiger partial charge on any atom is -0.344 e. The van der Waals surface area contributed by atoms with Crippen LogP contribution in [0.15, 0.2) is 42.5 Å². The highest BCUT2D eigenvalue weighted by Crippen LogP contribution is 2.37. The maximum atomic E-state index is 9.38. The van der Waals surface area contributed by atoms with Gasteiger partial charge >= 0.3 is 0 Å². The van der Waals surface area contributed by atoms with Crippen LogP contribution in [0, 0.1) is 17.2 Å². The number of hydrogen-bond acceptors (Lipinski definition) is 3. The first-order chi connectivity index (χ1) is 12.2. The van der Waals surface area contributed by atoms with E-state index in [0.717, 1.165) is 30.3 Å². The van der Waals surface area contributed by atoms with Crippen LogP contribution < -0.4 is 4.90 Å². The SMILES string of the molecule is CC(C1CC1)N1CCc2ccc(N(C)c3ccccc3C#N)cc2C1.Cl. The van der Waals surface area contributed by atoms with Crippen LogP contribution in [0.4, 0.5) is 11.4 Å². The van der Waals surface area contributed by atoms with E-state index in [-0.39, 0.29) is 12.4 Å². The average molecular weight is 368 g/mol. The number of hydrogen-bond donors (Lipinski definition) is 0. The summed E-state index contributed by atoms with van der Waals surface area (Å²) in [5.41, 5.74) is 5.75. The molecule has 1 saturated carbocycles. The molecule has 0 radical (unpaired) electrons. The molecule has 4 rings (SSSR count). The molecule has 1 atom stereocenters. The van der Waals surface area contributed by atoms with Gasteiger partial charge in [-0.2, -0.15) is 5.26 Å². The summed E-state index contributed by atoms with van der Waals surface area (Å²) in [6.45, 7) is 4.62. The summed E-state index contributed by atoms with van der Waals surface area (Å²) in [6.07, 6.45) is 3.95. The first-order valence-electron chi connectivity index (χ1n) is 9.26. The summed E-state index contributed by atoms with van der Waals surface area (Å²) < 4.78 is 0. The van der Waals surface area contributed by atoms with Crippen molar-refractivity contribution in [1.29, 1.82) is 5.26 Å². The first kappa shape index (κ1) is 18.8. The summed E-state index contributed by atoms with van der Waals surface area (Å²) in [7, 11) is 2.05. The van der Waals surface area contributed by atoms with Crippen molar-refractivity contribution < 1.29 is 0 Å². The molecule has 0 bridgehead atoms. The van der Waals surface area contributed by atoms with Crippen LogP contribution in [0.25, 0.3) is 0 Å². The molecular weight excluding hydrogens is 342 g/mol. The number of anilines is 2. The highest BCUT2D eigenvalue weighted by molar-refractivity contribution is 5.85. The maximum Gasteiger partial charge on any atom is 0.101 e. The molecule has 2 aliphatic rings. The summed E-state index contributed by atoms with van der Waals surface area (Å²) in [5, 5.41) is 9.38. The van der Waals surface area contributed by atoms with Gasteiger partial charge in [0.2, 0.25) is 0 Å². The number of para-hydroxylation sites is 1. The standard InChI is InChI=1S/C22H25N3.ClH/c1-16(17-7-8-17)25-12-11-18-9-10-21(13-20(18)15-25)24(2)22-6-4-3-5-19(22)14-23;/h3-6,9-10,13,16-17H,7-8,11-12,15H2,1-2H3;1H. The first-order valence-corrected chi connectivity index (χ1v) is 9.26. The zero-order valence-electron chi connectivity index (χ0n) is 15.5. The predicted octanol–water partition coefficient (Wildman–Crippen LogP) is 4.90. The molecule has 26 heavy (non-hydrogen) atoms. The highest BCUT2D eigenvalue weighted by Gasteiger charge is 2.33. The van der Waals surface area contributed by atoms with Gasteiger partial charge in [0.1, 0.15) is 6.07 Å². The van der Waals surface area contributed by atoms with Crippen molar-refractivity contribution in [2.45, 2.75) is 38.8 Å². The lowest BCUT2D eigenvalue weighted by molar-refractivity contribution is 0.172. The van der Waals surface area contributed by atoms with Gasteiger partial charge in [0.05, 0.1) is 11.3 Å². The molecular formula is C22H26ClN3. The van der Waals surface area contributed by atoms with Crippen molar-refractivity contribution in [3.63, 3.8) is 0 Å². The Hall–Kier alpha value is -2.02. The van der Waals surface area contributed by atoms with E-state index in [4.69, 9.17) is 0 Å². The Labute approximate surface area is 162 Å². The van der Waals surface area contributed by atoms with Crippen molar-refractivity contribution >= 4 is 23.8 Å². The molecule has 2 aromatic rings. The van der Waals surface area contributed by atoms with Crippen molar-refractivity contribution in [3.05, 3.63) is 59.2 Å². The van der Waals surface area contributed by atoms with Crippen LogP contribution in [-0.4, -0.2) is 24.5 Å². The fraction of sp³-hybridized carbons (Fsp3) is 0.409. The topological polar surface area (TPSA) is 30.3 Å². The van der Waals surface area contributed by atoms with Crippen LogP contribution in [0.3, 0.4) is 0 Å². The van der Waals surface area contributed by atoms with Gasteiger partial charge in [0, 0.05) is 31.9 Å². The largest absolute Gasteiger partial charge is 0.344 e. The minimum atomic E-state index is 0. The monoisotopic (exact) mass is 367 g/mol. The molecule has 1 fully saturated rings. The van der Waals surface area contributed by atoms with Gasteiger partial charge in [-0.25, -0.2) is 0 Å². The molecule has 0 N–H and O–H groups in total. The minimum absolute atomic E-state index is 0. The lowest BCUT2D eigenvalue weighted by atomic mass is 9.97. The summed E-state index contributed by atoms with van der Waals surface area (Å²) in [5.74, 6) is 0.912. The van der Waals surface area contributed by atoms with Crippen LogP contribution in [0.5, 0.6) is 0 Å². The van der Waals surface area contributed by atoms with E-state index < -0.39 is 0 Å². The van der Waals surface area contributed by atoms with E-state index in [0.29, 0.717) is 11.6 Å². The van der Waals surface area contributed by atoms with Gasteiger partial charge in [-0.3, -0.25) is 4.90 Å². The molecule has 1 aliphatic heterocycles. The smallest absolute Gasteiger partial charge is 0.101 e. The van der Waals surface area contributed by atoms with Crippen molar-refractivity contribution in [2.75, 3.05) is 18.5 Å². The summed E-state index contributed by atoms with van der Waals surface area (Å²) in [6, 6.07) is 17.6. The van der Waals surface area contributed by atoms with Crippen LogP contribution in [0.2, 0.25) is 0 Å². The van der Waals surface area contributed by atoms with E-state index in [1.54, 1.807) is 0 Å². The van der Waals surface area contributed by atoms with Gasteiger partial charge in [0.15, 0.2) is 0 Å². The lowest BCUT2D eigenvalue weighted by Crippen LogP contribution is -2.38. The Morgan fingerprint density at radius 3 is 2.65 bits per heavy atom. The number of nitriles is 1. The third-order valence-corrected chi connectivity index (χ3v) is 5.88. The van der Waals surface area contributed by atoms with E-state index >= 15 is 0 Å². The second-order valence-electron chi connectivity index (χ2n) is 7.44. The maximum absolute atomic E-state index is 9.38. The molecule has 136 valence electrons. The van der Waals surface area contributed by atoms with Crippen molar-refractivity contribution in [2.24, 2.45) is 5.92 Å². The molecule has 0 saturated heterocycles. The fourth-order valence-corrected chi connectivity index (χ4v) is 4.00. The van der Waals surface area contributed by atoms with Gasteiger partial charge < -0.3 is 4.90 Å². The molecule has 2 aromatic carbocycles. The van der Waals surface area contributed by atoms with Crippen molar-refractivity contribution in [1.82, 2.24) is 4.90 Å². The normalized spacial score (nSPS) is 17.6. The Morgan fingerprint density at radius 2 is 1.92 bits per heavy atom. The number of rotatable bonds is 4. The molecule has 1 aliphatic carbocycles. The Bertz CT molecular complexity index is 822. The van der Waals surface area contributed by atoms with E-state index in [1.807, 2.05) is 31.3 Å². The van der Waals surface area contributed by atoms with Gasteiger partial charge in [-0.1, -0.05) is 18.2 Å². The highest BCUT2D eigenvalue weighted by atomic mass is 35.5. The average Bonchev–Trinajstić information content (AvgIpc) is 3.51. The molecule has 0 amide bonds. The molecule has 3 nitrogen and oxygen atoms in total.